The molecule has 356 valence electrons. The molecule has 0 atom stereocenters. The van der Waals surface area contributed by atoms with Crippen LogP contribution in [0.25, 0.3) is 75.9 Å². The second-order valence-electron chi connectivity index (χ2n) is 17.7. The minimum atomic E-state index is 0.104. The van der Waals surface area contributed by atoms with Crippen LogP contribution in [0.3, 0.4) is 0 Å². The number of aromatic hydroxyl groups is 4. The Morgan fingerprint density at radius 2 is 0.472 bits per heavy atom. The molecule has 0 spiro atoms. The Kier molecular flexibility index (Phi) is 15.4. The monoisotopic (exact) mass is 944 g/mol. The van der Waals surface area contributed by atoms with Gasteiger partial charge in [-0.15, -0.1) is 0 Å². The molecule has 0 saturated carbocycles. The van der Waals surface area contributed by atoms with E-state index < -0.39 is 0 Å². The molecule has 8 heteroatoms. The van der Waals surface area contributed by atoms with Crippen LogP contribution < -0.4 is 0 Å². The number of fused-ring (bicyclic) bond motifs is 4. The molecule has 3 aromatic heterocycles. The van der Waals surface area contributed by atoms with Gasteiger partial charge in [-0.1, -0.05) is 133 Å². The Balaban J connectivity index is 0.000000117. The summed E-state index contributed by atoms with van der Waals surface area (Å²) in [7, 11) is 0. The number of pyridine rings is 2. The summed E-state index contributed by atoms with van der Waals surface area (Å²) in [6.07, 6.45) is 0. The highest BCUT2D eigenvalue weighted by Crippen LogP contribution is 2.34. The minimum absolute atomic E-state index is 0.104. The molecule has 13 aromatic rings. The van der Waals surface area contributed by atoms with E-state index in [-0.39, 0.29) is 23.0 Å². The van der Waals surface area contributed by atoms with Crippen molar-refractivity contribution in [3.05, 3.63) is 240 Å². The Labute approximate surface area is 419 Å². The number of para-hydroxylation sites is 4. The van der Waals surface area contributed by atoms with Gasteiger partial charge in [0.25, 0.3) is 0 Å². The SMILES string of the molecule is Cc1cc(O)cc(O)c1.Cc1cc(O)cc(O)c1.Cc1nc(C)c(C)nc1C.c1cc2ccc3cccc4ccc(c1)c2c34.c1ccc2nc3ccccc3cc2c1.c1ccc2nc3ccccc3cc2c1. The molecule has 0 radical (unpaired) electrons. The average molecular weight is 945 g/mol. The number of nitrogens with zero attached hydrogens (tertiary/aromatic N) is 4. The number of benzene rings is 10. The van der Waals surface area contributed by atoms with Crippen LogP contribution in [0, 0.1) is 41.5 Å². The summed E-state index contributed by atoms with van der Waals surface area (Å²) in [5.41, 5.74) is 10.1. The summed E-state index contributed by atoms with van der Waals surface area (Å²) >= 11 is 0. The van der Waals surface area contributed by atoms with Crippen molar-refractivity contribution in [1.82, 2.24) is 19.9 Å². The third kappa shape index (κ3) is 12.4. The van der Waals surface area contributed by atoms with E-state index in [1.54, 1.807) is 38.1 Å². The van der Waals surface area contributed by atoms with Crippen molar-refractivity contribution in [2.45, 2.75) is 41.5 Å². The molecule has 3 heterocycles. The van der Waals surface area contributed by atoms with E-state index in [2.05, 4.69) is 117 Å². The van der Waals surface area contributed by atoms with E-state index in [0.29, 0.717) is 0 Å². The van der Waals surface area contributed by atoms with Crippen molar-refractivity contribution in [3.8, 4) is 23.0 Å². The molecule has 0 fully saturated rings. The number of hydrogen-bond donors (Lipinski definition) is 4. The number of hydrogen-bond acceptors (Lipinski definition) is 8. The van der Waals surface area contributed by atoms with Gasteiger partial charge in [0.1, 0.15) is 23.0 Å². The van der Waals surface area contributed by atoms with E-state index in [1.165, 1.54) is 66.0 Å². The Hall–Kier alpha value is -9.14. The van der Waals surface area contributed by atoms with E-state index >= 15 is 0 Å². The Morgan fingerprint density at radius 3 is 0.722 bits per heavy atom. The fraction of sp³-hybridized carbons (Fsp3) is 0.0938. The Morgan fingerprint density at radius 1 is 0.236 bits per heavy atom. The molecule has 0 bridgehead atoms. The van der Waals surface area contributed by atoms with Crippen molar-refractivity contribution < 1.29 is 20.4 Å². The molecule has 8 nitrogen and oxygen atoms in total. The maximum absolute atomic E-state index is 8.83. The second kappa shape index (κ2) is 22.5. The predicted octanol–water partition coefficient (Wildman–Crippen LogP) is 15.9. The number of phenols is 4. The summed E-state index contributed by atoms with van der Waals surface area (Å²) in [5.74, 6) is 0.417. The van der Waals surface area contributed by atoms with Crippen molar-refractivity contribution in [1.29, 1.82) is 0 Å². The quantitative estimate of drug-likeness (QED) is 0.0873. The molecule has 13 rings (SSSR count). The van der Waals surface area contributed by atoms with Crippen LogP contribution in [0.4, 0.5) is 0 Å². The van der Waals surface area contributed by atoms with Gasteiger partial charge >= 0.3 is 0 Å². The van der Waals surface area contributed by atoms with Gasteiger partial charge in [-0.3, -0.25) is 9.97 Å². The lowest BCUT2D eigenvalue weighted by molar-refractivity contribution is 0.448. The zero-order valence-corrected chi connectivity index (χ0v) is 41.2. The van der Waals surface area contributed by atoms with Crippen LogP contribution in [-0.2, 0) is 0 Å². The minimum Gasteiger partial charge on any atom is -0.508 e. The van der Waals surface area contributed by atoms with Gasteiger partial charge in [-0.2, -0.15) is 0 Å². The molecule has 0 unspecified atom stereocenters. The third-order valence-electron chi connectivity index (χ3n) is 12.1. The number of phenolic OH excluding ortho intramolecular Hbond substituents is 4. The highest BCUT2D eigenvalue weighted by molar-refractivity contribution is 6.22. The number of aromatic nitrogens is 4. The number of aryl methyl sites for hydroxylation is 6. The first-order chi connectivity index (χ1) is 34.8. The zero-order valence-electron chi connectivity index (χ0n) is 41.2. The van der Waals surface area contributed by atoms with Crippen molar-refractivity contribution in [2.75, 3.05) is 0 Å². The molecule has 0 saturated heterocycles. The first kappa shape index (κ1) is 49.3. The van der Waals surface area contributed by atoms with Gasteiger partial charge in [-0.05, 0) is 146 Å². The van der Waals surface area contributed by atoms with Crippen LogP contribution in [0.5, 0.6) is 23.0 Å². The highest BCUT2D eigenvalue weighted by atomic mass is 16.3. The van der Waals surface area contributed by atoms with E-state index in [9.17, 15) is 0 Å². The normalized spacial score (nSPS) is 10.6. The third-order valence-corrected chi connectivity index (χ3v) is 12.1. The maximum atomic E-state index is 8.83. The molecule has 0 aliphatic heterocycles. The lowest BCUT2D eigenvalue weighted by Gasteiger charge is -2.09. The second-order valence-corrected chi connectivity index (χ2v) is 17.7. The maximum Gasteiger partial charge on any atom is 0.119 e. The first-order valence-electron chi connectivity index (χ1n) is 23.7. The average Bonchev–Trinajstić information content (AvgIpc) is 3.36. The lowest BCUT2D eigenvalue weighted by Crippen LogP contribution is -1.97. The van der Waals surface area contributed by atoms with Gasteiger partial charge in [0, 0.05) is 33.7 Å². The standard InChI is InChI=1S/C16H10.2C13H9N.C8H12N2.2C7H8O2/c1-3-11-7-9-13-5-2-6-14-10-8-12(4-1)15(11)16(13)14;2*1-3-7-12-10(5-1)9-11-6-2-4-8-13(11)14-12;1-5-6(2)10-8(4)7(3)9-5;2*1-5-2-6(8)4-7(9)3-5/h1-10H;2*1-9H;1-4H3;2*2-4,8-9H,1H3. The van der Waals surface area contributed by atoms with E-state index in [4.69, 9.17) is 20.4 Å². The highest BCUT2D eigenvalue weighted by Gasteiger charge is 2.06. The summed E-state index contributed by atoms with van der Waals surface area (Å²) in [5, 5.41) is 48.3. The lowest BCUT2D eigenvalue weighted by atomic mass is 9.95. The van der Waals surface area contributed by atoms with Gasteiger partial charge in [-0.25, -0.2) is 9.97 Å². The van der Waals surface area contributed by atoms with Crippen LogP contribution >= 0.6 is 0 Å². The van der Waals surface area contributed by atoms with Crippen molar-refractivity contribution in [3.63, 3.8) is 0 Å². The Bertz CT molecular complexity index is 3320. The summed E-state index contributed by atoms with van der Waals surface area (Å²) in [6, 6.07) is 67.9. The van der Waals surface area contributed by atoms with Crippen LogP contribution in [0.1, 0.15) is 33.9 Å². The zero-order chi connectivity index (χ0) is 50.7. The van der Waals surface area contributed by atoms with Gasteiger partial charge in [0.15, 0.2) is 0 Å². The van der Waals surface area contributed by atoms with E-state index in [1.807, 2.05) is 100 Å². The molecular formula is C64H56N4O4. The molecular weight excluding hydrogens is 889 g/mol. The molecule has 0 aliphatic rings. The fourth-order valence-corrected chi connectivity index (χ4v) is 8.42. The molecule has 0 amide bonds. The van der Waals surface area contributed by atoms with Gasteiger partial charge in [0.05, 0.1) is 44.8 Å². The van der Waals surface area contributed by atoms with Crippen molar-refractivity contribution >= 4 is 75.9 Å². The number of rotatable bonds is 0. The van der Waals surface area contributed by atoms with Gasteiger partial charge in [0.2, 0.25) is 0 Å². The topological polar surface area (TPSA) is 132 Å². The van der Waals surface area contributed by atoms with E-state index in [0.717, 1.165) is 56.0 Å². The smallest absolute Gasteiger partial charge is 0.119 e. The molecule has 10 aromatic carbocycles. The molecule has 0 aliphatic carbocycles. The largest absolute Gasteiger partial charge is 0.508 e. The van der Waals surface area contributed by atoms with Gasteiger partial charge < -0.3 is 20.4 Å². The summed E-state index contributed by atoms with van der Waals surface area (Å²) < 4.78 is 0. The fourth-order valence-electron chi connectivity index (χ4n) is 8.42. The van der Waals surface area contributed by atoms with Crippen LogP contribution in [0.15, 0.2) is 206 Å². The van der Waals surface area contributed by atoms with Crippen LogP contribution in [0.2, 0.25) is 0 Å². The summed E-state index contributed by atoms with van der Waals surface area (Å²) in [6.45, 7) is 11.5. The summed E-state index contributed by atoms with van der Waals surface area (Å²) in [4.78, 5) is 17.8. The van der Waals surface area contributed by atoms with Crippen LogP contribution in [-0.4, -0.2) is 40.4 Å². The predicted molar refractivity (Wildman–Crippen MR) is 299 cm³/mol. The molecule has 4 N–H and O–H groups in total. The first-order valence-corrected chi connectivity index (χ1v) is 23.7. The van der Waals surface area contributed by atoms with Crippen molar-refractivity contribution in [2.24, 2.45) is 0 Å². The molecule has 72 heavy (non-hydrogen) atoms.